The summed E-state index contributed by atoms with van der Waals surface area (Å²) >= 11 is 1.48. The molecule has 0 atom stereocenters. The summed E-state index contributed by atoms with van der Waals surface area (Å²) < 4.78 is 5.54. The molecular weight excluding hydrogens is 286 g/mol. The molecule has 112 valence electrons. The van der Waals surface area contributed by atoms with Crippen LogP contribution >= 0.6 is 11.3 Å². The lowest BCUT2D eigenvalue weighted by Crippen LogP contribution is -2.30. The molecule has 2 N–H and O–H groups in total. The van der Waals surface area contributed by atoms with Gasteiger partial charge in [-0.25, -0.2) is 9.78 Å². The number of aryl methyl sites for hydroxylation is 2. The minimum atomic E-state index is -0.233. The number of carbonyl (C=O) groups is 1. The van der Waals surface area contributed by atoms with Crippen molar-refractivity contribution in [1.29, 1.82) is 0 Å². The van der Waals surface area contributed by atoms with Gasteiger partial charge in [0.1, 0.15) is 5.75 Å². The van der Waals surface area contributed by atoms with Crippen molar-refractivity contribution in [3.05, 3.63) is 40.9 Å². The SMILES string of the molecule is Cc1nc(NC(=O)NCCCOc2ccccc2)sc1C. The van der Waals surface area contributed by atoms with E-state index in [9.17, 15) is 4.79 Å². The van der Waals surface area contributed by atoms with Crippen molar-refractivity contribution >= 4 is 22.5 Å². The fourth-order valence-corrected chi connectivity index (χ4v) is 2.46. The number of nitrogens with one attached hydrogen (secondary N) is 2. The van der Waals surface area contributed by atoms with E-state index in [2.05, 4.69) is 15.6 Å². The number of nitrogens with zero attached hydrogens (tertiary/aromatic N) is 1. The Hall–Kier alpha value is -2.08. The Morgan fingerprint density at radius 3 is 2.71 bits per heavy atom. The maximum Gasteiger partial charge on any atom is 0.321 e. The number of amides is 2. The van der Waals surface area contributed by atoms with Gasteiger partial charge in [-0.2, -0.15) is 0 Å². The van der Waals surface area contributed by atoms with Crippen molar-refractivity contribution in [2.75, 3.05) is 18.5 Å². The fourth-order valence-electron chi connectivity index (χ4n) is 1.65. The lowest BCUT2D eigenvalue weighted by molar-refractivity contribution is 0.250. The molecule has 5 nitrogen and oxygen atoms in total. The summed E-state index contributed by atoms with van der Waals surface area (Å²) in [5.41, 5.74) is 0.951. The number of hydrogen-bond donors (Lipinski definition) is 2. The van der Waals surface area contributed by atoms with E-state index >= 15 is 0 Å². The van der Waals surface area contributed by atoms with E-state index in [1.165, 1.54) is 11.3 Å². The van der Waals surface area contributed by atoms with E-state index in [0.717, 1.165) is 22.7 Å². The molecule has 1 aromatic carbocycles. The Bertz CT molecular complexity index is 564. The molecule has 0 saturated carbocycles. The zero-order valence-electron chi connectivity index (χ0n) is 12.2. The normalized spacial score (nSPS) is 10.2. The van der Waals surface area contributed by atoms with Gasteiger partial charge in [0.25, 0.3) is 0 Å². The van der Waals surface area contributed by atoms with Crippen LogP contribution in [0.15, 0.2) is 30.3 Å². The number of ether oxygens (including phenoxy) is 1. The predicted molar refractivity (Wildman–Crippen MR) is 85.2 cm³/mol. The third kappa shape index (κ3) is 5.07. The van der Waals surface area contributed by atoms with Gasteiger partial charge in [-0.3, -0.25) is 5.32 Å². The summed E-state index contributed by atoms with van der Waals surface area (Å²) in [5.74, 6) is 0.843. The summed E-state index contributed by atoms with van der Waals surface area (Å²) in [6.45, 7) is 5.04. The van der Waals surface area contributed by atoms with E-state index in [4.69, 9.17) is 4.74 Å². The zero-order valence-corrected chi connectivity index (χ0v) is 13.0. The number of aromatic nitrogens is 1. The Labute approximate surface area is 128 Å². The van der Waals surface area contributed by atoms with Crippen molar-refractivity contribution in [2.24, 2.45) is 0 Å². The summed E-state index contributed by atoms with van der Waals surface area (Å²) in [4.78, 5) is 17.0. The van der Waals surface area contributed by atoms with Crippen molar-refractivity contribution in [3.63, 3.8) is 0 Å². The Kier molecular flexibility index (Phi) is 5.57. The molecule has 0 spiro atoms. The minimum Gasteiger partial charge on any atom is -0.494 e. The fraction of sp³-hybridized carbons (Fsp3) is 0.333. The molecule has 0 aliphatic heterocycles. The van der Waals surface area contributed by atoms with Crippen molar-refractivity contribution in [2.45, 2.75) is 20.3 Å². The van der Waals surface area contributed by atoms with E-state index in [1.54, 1.807) is 0 Å². The second-order valence-corrected chi connectivity index (χ2v) is 5.76. The van der Waals surface area contributed by atoms with Gasteiger partial charge in [0, 0.05) is 11.4 Å². The molecule has 6 heteroatoms. The summed E-state index contributed by atoms with van der Waals surface area (Å²) in [7, 11) is 0. The summed E-state index contributed by atoms with van der Waals surface area (Å²) in [6, 6.07) is 9.39. The highest BCUT2D eigenvalue weighted by Gasteiger charge is 2.06. The first-order chi connectivity index (χ1) is 10.1. The molecule has 0 saturated heterocycles. The third-order valence-corrected chi connectivity index (χ3v) is 3.86. The molecule has 0 aliphatic rings. The highest BCUT2D eigenvalue weighted by atomic mass is 32.1. The molecule has 0 bridgehead atoms. The van der Waals surface area contributed by atoms with E-state index in [-0.39, 0.29) is 6.03 Å². The Morgan fingerprint density at radius 2 is 2.05 bits per heavy atom. The van der Waals surface area contributed by atoms with Crippen LogP contribution in [-0.2, 0) is 0 Å². The highest BCUT2D eigenvalue weighted by molar-refractivity contribution is 7.15. The van der Waals surface area contributed by atoms with Gasteiger partial charge in [0.15, 0.2) is 5.13 Å². The molecule has 1 aromatic heterocycles. The molecule has 2 amide bonds. The van der Waals surface area contributed by atoms with Gasteiger partial charge in [-0.15, -0.1) is 11.3 Å². The number of thiazole rings is 1. The van der Waals surface area contributed by atoms with Crippen molar-refractivity contribution in [3.8, 4) is 5.75 Å². The number of hydrogen-bond acceptors (Lipinski definition) is 4. The standard InChI is InChI=1S/C15H19N3O2S/c1-11-12(2)21-15(17-11)18-14(19)16-9-6-10-20-13-7-4-3-5-8-13/h3-5,7-8H,6,9-10H2,1-2H3,(H2,16,17,18,19). The summed E-state index contributed by atoms with van der Waals surface area (Å²) in [5, 5.41) is 6.14. The Morgan fingerprint density at radius 1 is 1.29 bits per heavy atom. The number of anilines is 1. The molecule has 0 fully saturated rings. The topological polar surface area (TPSA) is 63.2 Å². The molecule has 0 radical (unpaired) electrons. The van der Waals surface area contributed by atoms with Crippen molar-refractivity contribution in [1.82, 2.24) is 10.3 Å². The molecule has 2 aromatic rings. The largest absolute Gasteiger partial charge is 0.494 e. The van der Waals surface area contributed by atoms with Crippen LogP contribution in [0, 0.1) is 13.8 Å². The smallest absolute Gasteiger partial charge is 0.321 e. The molecular formula is C15H19N3O2S. The van der Waals surface area contributed by atoms with Gasteiger partial charge < -0.3 is 10.1 Å². The summed E-state index contributed by atoms with van der Waals surface area (Å²) in [6.07, 6.45) is 0.748. The molecule has 1 heterocycles. The van der Waals surface area contributed by atoms with Gasteiger partial charge >= 0.3 is 6.03 Å². The van der Waals surface area contributed by atoms with Gasteiger partial charge in [0.2, 0.25) is 0 Å². The number of carbonyl (C=O) groups excluding carboxylic acids is 1. The first-order valence-electron chi connectivity index (χ1n) is 6.82. The minimum absolute atomic E-state index is 0.233. The zero-order chi connectivity index (χ0) is 15.1. The maximum atomic E-state index is 11.7. The Balaban J connectivity index is 1.61. The van der Waals surface area contributed by atoms with Crippen LogP contribution in [0.4, 0.5) is 9.93 Å². The average Bonchev–Trinajstić information content (AvgIpc) is 2.78. The highest BCUT2D eigenvalue weighted by Crippen LogP contribution is 2.20. The predicted octanol–water partition coefficient (Wildman–Crippen LogP) is 3.35. The number of benzene rings is 1. The first kappa shape index (κ1) is 15.3. The quantitative estimate of drug-likeness (QED) is 0.804. The maximum absolute atomic E-state index is 11.7. The lowest BCUT2D eigenvalue weighted by Gasteiger charge is -2.07. The van der Waals surface area contributed by atoms with E-state index in [0.29, 0.717) is 18.3 Å². The molecule has 21 heavy (non-hydrogen) atoms. The molecule has 2 rings (SSSR count). The van der Waals surface area contributed by atoms with E-state index in [1.807, 2.05) is 44.2 Å². The van der Waals surface area contributed by atoms with Crippen LogP contribution < -0.4 is 15.4 Å². The number of rotatable bonds is 6. The van der Waals surface area contributed by atoms with Crippen LogP contribution in [0.1, 0.15) is 17.0 Å². The van der Waals surface area contributed by atoms with Crippen LogP contribution in [0.2, 0.25) is 0 Å². The van der Waals surface area contributed by atoms with Gasteiger partial charge in [0.05, 0.1) is 12.3 Å². The van der Waals surface area contributed by atoms with Crippen LogP contribution in [0.3, 0.4) is 0 Å². The second kappa shape index (κ2) is 7.64. The van der Waals surface area contributed by atoms with Crippen LogP contribution in [-0.4, -0.2) is 24.2 Å². The lowest BCUT2D eigenvalue weighted by atomic mass is 10.3. The average molecular weight is 305 g/mol. The van der Waals surface area contributed by atoms with Crippen LogP contribution in [0.25, 0.3) is 0 Å². The number of para-hydroxylation sites is 1. The van der Waals surface area contributed by atoms with Crippen molar-refractivity contribution < 1.29 is 9.53 Å². The van der Waals surface area contributed by atoms with Gasteiger partial charge in [-0.1, -0.05) is 18.2 Å². The third-order valence-electron chi connectivity index (χ3n) is 2.87. The number of urea groups is 1. The van der Waals surface area contributed by atoms with E-state index < -0.39 is 0 Å². The molecule has 0 unspecified atom stereocenters. The van der Waals surface area contributed by atoms with Crippen LogP contribution in [0.5, 0.6) is 5.75 Å². The molecule has 0 aliphatic carbocycles. The monoisotopic (exact) mass is 305 g/mol. The first-order valence-corrected chi connectivity index (χ1v) is 7.63. The van der Waals surface area contributed by atoms with Gasteiger partial charge in [-0.05, 0) is 32.4 Å². The second-order valence-electron chi connectivity index (χ2n) is 4.56.